The van der Waals surface area contributed by atoms with Crippen LogP contribution in [0.4, 0.5) is 0 Å². The van der Waals surface area contributed by atoms with Gasteiger partial charge in [-0.3, -0.25) is 0 Å². The smallest absolute Gasteiger partial charge is 0.157 e. The quantitative estimate of drug-likeness (QED) is 0.880. The number of imidazole rings is 1. The molecule has 1 aliphatic carbocycles. The molecule has 0 unspecified atom stereocenters. The van der Waals surface area contributed by atoms with Crippen molar-refractivity contribution >= 4 is 32.5 Å². The number of aromatic nitrogens is 2. The molecule has 1 aliphatic rings. The van der Waals surface area contributed by atoms with Crippen molar-refractivity contribution in [2.24, 2.45) is 5.92 Å². The lowest BCUT2D eigenvalue weighted by molar-refractivity contribution is 0.276. The SMILES string of the molecule is O=S(=O)(Cc1nc2ccc(Cl)cc2n1CCO)CC1CC1. The normalized spacial score (nSPS) is 15.7. The lowest BCUT2D eigenvalue weighted by Crippen LogP contribution is -2.15. The van der Waals surface area contributed by atoms with E-state index >= 15 is 0 Å². The molecule has 0 aliphatic heterocycles. The van der Waals surface area contributed by atoms with Gasteiger partial charge >= 0.3 is 0 Å². The molecule has 0 amide bonds. The number of aliphatic hydroxyl groups excluding tert-OH is 1. The number of nitrogens with zero attached hydrogens (tertiary/aromatic N) is 2. The molecule has 1 saturated carbocycles. The molecule has 1 heterocycles. The van der Waals surface area contributed by atoms with Crippen LogP contribution in [0.5, 0.6) is 0 Å². The molecule has 1 aromatic carbocycles. The third-order valence-corrected chi connectivity index (χ3v) is 5.56. The maximum Gasteiger partial charge on any atom is 0.157 e. The van der Waals surface area contributed by atoms with Crippen LogP contribution in [0.1, 0.15) is 18.7 Å². The number of halogens is 1. The van der Waals surface area contributed by atoms with Crippen molar-refractivity contribution in [3.05, 3.63) is 29.0 Å². The number of hydrogen-bond donors (Lipinski definition) is 1. The average molecular weight is 329 g/mol. The summed E-state index contributed by atoms with van der Waals surface area (Å²) in [7, 11) is -3.17. The second-order valence-corrected chi connectivity index (χ2v) is 8.08. The second-order valence-electron chi connectivity index (χ2n) is 5.53. The second kappa shape index (κ2) is 5.59. The molecule has 0 radical (unpaired) electrons. The van der Waals surface area contributed by atoms with Gasteiger partial charge in [0.2, 0.25) is 0 Å². The van der Waals surface area contributed by atoms with Gasteiger partial charge in [0.1, 0.15) is 11.6 Å². The molecule has 0 saturated heterocycles. The highest BCUT2D eigenvalue weighted by Crippen LogP contribution is 2.31. The predicted octanol–water partition coefficient (Wildman–Crippen LogP) is 2.01. The Labute approximate surface area is 128 Å². The molecule has 1 aromatic heterocycles. The van der Waals surface area contributed by atoms with Crippen molar-refractivity contribution in [3.8, 4) is 0 Å². The summed E-state index contributed by atoms with van der Waals surface area (Å²) in [5, 5.41) is 9.78. The first-order valence-electron chi connectivity index (χ1n) is 6.94. The summed E-state index contributed by atoms with van der Waals surface area (Å²) in [5.74, 6) is 0.938. The van der Waals surface area contributed by atoms with Crippen molar-refractivity contribution in [2.45, 2.75) is 25.1 Å². The van der Waals surface area contributed by atoms with E-state index in [-0.39, 0.29) is 18.1 Å². The summed E-state index contributed by atoms with van der Waals surface area (Å²) in [6, 6.07) is 5.24. The first-order valence-corrected chi connectivity index (χ1v) is 9.14. The van der Waals surface area contributed by atoms with E-state index in [1.807, 2.05) is 0 Å². The minimum Gasteiger partial charge on any atom is -0.395 e. The largest absolute Gasteiger partial charge is 0.395 e. The Morgan fingerprint density at radius 1 is 1.38 bits per heavy atom. The van der Waals surface area contributed by atoms with Crippen LogP contribution in [0.25, 0.3) is 11.0 Å². The summed E-state index contributed by atoms with van der Waals surface area (Å²) in [5.41, 5.74) is 1.46. The Morgan fingerprint density at radius 2 is 2.14 bits per heavy atom. The molecule has 114 valence electrons. The monoisotopic (exact) mass is 328 g/mol. The van der Waals surface area contributed by atoms with Gasteiger partial charge in [-0.25, -0.2) is 13.4 Å². The Bertz CT molecular complexity index is 766. The summed E-state index contributed by atoms with van der Waals surface area (Å²) in [4.78, 5) is 4.40. The fraction of sp³-hybridized carbons (Fsp3) is 0.500. The van der Waals surface area contributed by atoms with Crippen molar-refractivity contribution in [1.29, 1.82) is 0 Å². The number of aliphatic hydroxyl groups is 1. The van der Waals surface area contributed by atoms with E-state index in [0.717, 1.165) is 18.4 Å². The number of rotatable bonds is 6. The van der Waals surface area contributed by atoms with Gasteiger partial charge in [0.25, 0.3) is 0 Å². The van der Waals surface area contributed by atoms with Crippen LogP contribution in [0.2, 0.25) is 5.02 Å². The highest BCUT2D eigenvalue weighted by molar-refractivity contribution is 7.90. The van der Waals surface area contributed by atoms with E-state index in [1.54, 1.807) is 22.8 Å². The first kappa shape index (κ1) is 14.8. The zero-order valence-electron chi connectivity index (χ0n) is 11.5. The zero-order valence-corrected chi connectivity index (χ0v) is 13.1. The molecule has 3 rings (SSSR count). The molecule has 5 nitrogen and oxygen atoms in total. The molecule has 0 bridgehead atoms. The van der Waals surface area contributed by atoms with Crippen LogP contribution in [0.3, 0.4) is 0 Å². The van der Waals surface area contributed by atoms with E-state index in [0.29, 0.717) is 28.8 Å². The van der Waals surface area contributed by atoms with Crippen molar-refractivity contribution < 1.29 is 13.5 Å². The molecule has 7 heteroatoms. The molecule has 0 atom stereocenters. The van der Waals surface area contributed by atoms with E-state index in [4.69, 9.17) is 11.6 Å². The van der Waals surface area contributed by atoms with Crippen LogP contribution in [-0.2, 0) is 22.1 Å². The van der Waals surface area contributed by atoms with E-state index in [9.17, 15) is 13.5 Å². The zero-order chi connectivity index (χ0) is 15.0. The Balaban J connectivity index is 1.98. The maximum absolute atomic E-state index is 12.2. The van der Waals surface area contributed by atoms with Crippen LogP contribution < -0.4 is 0 Å². The van der Waals surface area contributed by atoms with Crippen LogP contribution in [0.15, 0.2) is 18.2 Å². The number of fused-ring (bicyclic) bond motifs is 1. The summed E-state index contributed by atoms with van der Waals surface area (Å²) in [6.45, 7) is 0.235. The fourth-order valence-electron chi connectivity index (χ4n) is 2.50. The average Bonchev–Trinajstić information content (AvgIpc) is 3.14. The molecule has 0 spiro atoms. The first-order chi connectivity index (χ1) is 9.98. The van der Waals surface area contributed by atoms with Gasteiger partial charge in [0.05, 0.1) is 23.4 Å². The Kier molecular flexibility index (Phi) is 3.94. The predicted molar refractivity (Wildman–Crippen MR) is 82.0 cm³/mol. The maximum atomic E-state index is 12.2. The minimum absolute atomic E-state index is 0.0757. The molecular formula is C14H17ClN2O3S. The Morgan fingerprint density at radius 3 is 2.81 bits per heavy atom. The number of hydrogen-bond acceptors (Lipinski definition) is 4. The van der Waals surface area contributed by atoms with Crippen LogP contribution in [-0.4, -0.2) is 35.4 Å². The van der Waals surface area contributed by atoms with Gasteiger partial charge < -0.3 is 9.67 Å². The van der Waals surface area contributed by atoms with E-state index in [2.05, 4.69) is 4.98 Å². The van der Waals surface area contributed by atoms with Gasteiger partial charge in [0.15, 0.2) is 9.84 Å². The van der Waals surface area contributed by atoms with Gasteiger partial charge in [-0.05, 0) is 37.0 Å². The fourth-order valence-corrected chi connectivity index (χ4v) is 4.45. The molecular weight excluding hydrogens is 312 g/mol. The summed E-state index contributed by atoms with van der Waals surface area (Å²) in [6.07, 6.45) is 2.00. The molecule has 1 fully saturated rings. The van der Waals surface area contributed by atoms with Crippen LogP contribution >= 0.6 is 11.6 Å². The minimum atomic E-state index is -3.17. The topological polar surface area (TPSA) is 72.2 Å². The van der Waals surface area contributed by atoms with Gasteiger partial charge in [-0.1, -0.05) is 11.6 Å². The Hall–Kier alpha value is -1.11. The van der Waals surface area contributed by atoms with Gasteiger partial charge in [0, 0.05) is 11.6 Å². The lowest BCUT2D eigenvalue weighted by atomic mass is 10.3. The third-order valence-electron chi connectivity index (χ3n) is 3.65. The van der Waals surface area contributed by atoms with Crippen molar-refractivity contribution in [2.75, 3.05) is 12.4 Å². The third kappa shape index (κ3) is 3.39. The number of sulfone groups is 1. The van der Waals surface area contributed by atoms with Gasteiger partial charge in [-0.2, -0.15) is 0 Å². The van der Waals surface area contributed by atoms with E-state index < -0.39 is 9.84 Å². The van der Waals surface area contributed by atoms with Crippen LogP contribution in [0, 0.1) is 5.92 Å². The number of benzene rings is 1. The molecule has 1 N–H and O–H groups in total. The van der Waals surface area contributed by atoms with Crippen molar-refractivity contribution in [3.63, 3.8) is 0 Å². The summed E-state index contributed by atoms with van der Waals surface area (Å²) >= 11 is 5.99. The standard InChI is InChI=1S/C14H17ClN2O3S/c15-11-3-4-12-13(7-11)17(5-6-18)14(16-12)9-21(19,20)8-10-1-2-10/h3-4,7,10,18H,1-2,5-6,8-9H2. The summed E-state index contributed by atoms with van der Waals surface area (Å²) < 4.78 is 26.2. The lowest BCUT2D eigenvalue weighted by Gasteiger charge is -2.08. The highest BCUT2D eigenvalue weighted by Gasteiger charge is 2.29. The highest BCUT2D eigenvalue weighted by atomic mass is 35.5. The van der Waals surface area contributed by atoms with Crippen molar-refractivity contribution in [1.82, 2.24) is 9.55 Å². The van der Waals surface area contributed by atoms with E-state index in [1.165, 1.54) is 0 Å². The molecule has 21 heavy (non-hydrogen) atoms. The van der Waals surface area contributed by atoms with Gasteiger partial charge in [-0.15, -0.1) is 0 Å². The molecule has 2 aromatic rings.